The Morgan fingerprint density at radius 2 is 1.79 bits per heavy atom. The van der Waals surface area contributed by atoms with Gasteiger partial charge in [-0.2, -0.15) is 0 Å². The predicted octanol–water partition coefficient (Wildman–Crippen LogP) is 3.35. The van der Waals surface area contributed by atoms with Crippen LogP contribution in [-0.4, -0.2) is 12.0 Å². The highest BCUT2D eigenvalue weighted by Crippen LogP contribution is 2.33. The van der Waals surface area contributed by atoms with Gasteiger partial charge in [0, 0.05) is 30.8 Å². The maximum Gasteiger partial charge on any atom is 0.128 e. The third-order valence-corrected chi connectivity index (χ3v) is 3.56. The Kier molecular flexibility index (Phi) is 3.22. The molecule has 0 aliphatic carbocycles. The Labute approximate surface area is 112 Å². The van der Waals surface area contributed by atoms with E-state index in [1.807, 2.05) is 18.2 Å². The van der Waals surface area contributed by atoms with E-state index in [1.54, 1.807) is 13.2 Å². The number of ether oxygens (including phenoxy) is 1. The predicted molar refractivity (Wildman–Crippen MR) is 72.3 cm³/mol. The third kappa shape index (κ3) is 2.34. The number of benzene rings is 2. The quantitative estimate of drug-likeness (QED) is 0.836. The number of methoxy groups -OCH3 is 1. The minimum atomic E-state index is -0.133. The average Bonchev–Trinajstić information content (AvgIpc) is 2.85. The van der Waals surface area contributed by atoms with Gasteiger partial charge in [0.2, 0.25) is 0 Å². The average molecular weight is 257 g/mol. The largest absolute Gasteiger partial charge is 0.496 e. The minimum Gasteiger partial charge on any atom is -0.496 e. The van der Waals surface area contributed by atoms with E-state index in [1.165, 1.54) is 11.6 Å². The summed E-state index contributed by atoms with van der Waals surface area (Å²) in [6.45, 7) is 2.22. The van der Waals surface area contributed by atoms with Crippen molar-refractivity contribution in [3.05, 3.63) is 65.0 Å². The minimum absolute atomic E-state index is 0.133. The second-order valence-electron chi connectivity index (χ2n) is 4.84. The van der Waals surface area contributed by atoms with Gasteiger partial charge in [-0.1, -0.05) is 30.3 Å². The van der Waals surface area contributed by atoms with Gasteiger partial charge in [0.25, 0.3) is 0 Å². The summed E-state index contributed by atoms with van der Waals surface area (Å²) in [6.07, 6.45) is 0. The van der Waals surface area contributed by atoms with E-state index >= 15 is 0 Å². The van der Waals surface area contributed by atoms with Crippen molar-refractivity contribution in [3.63, 3.8) is 0 Å². The zero-order valence-corrected chi connectivity index (χ0v) is 10.9. The van der Waals surface area contributed by atoms with Crippen LogP contribution in [0.15, 0.2) is 42.5 Å². The number of halogens is 1. The lowest BCUT2D eigenvalue weighted by Crippen LogP contribution is -2.15. The van der Waals surface area contributed by atoms with E-state index < -0.39 is 0 Å². The summed E-state index contributed by atoms with van der Waals surface area (Å²) < 4.78 is 19.2. The highest BCUT2D eigenvalue weighted by Gasteiger charge is 2.25. The van der Waals surface area contributed by atoms with Crippen LogP contribution in [0.25, 0.3) is 0 Å². The van der Waals surface area contributed by atoms with Crippen molar-refractivity contribution in [1.82, 2.24) is 4.90 Å². The Morgan fingerprint density at radius 3 is 2.53 bits per heavy atom. The summed E-state index contributed by atoms with van der Waals surface area (Å²) in [6, 6.07) is 13.4. The molecule has 0 bridgehead atoms. The Hall–Kier alpha value is -1.87. The maximum absolute atomic E-state index is 13.8. The number of rotatable bonds is 3. The molecule has 98 valence electrons. The lowest BCUT2D eigenvalue weighted by Gasteiger charge is -2.14. The molecule has 0 aromatic heterocycles. The van der Waals surface area contributed by atoms with Crippen molar-refractivity contribution >= 4 is 0 Å². The van der Waals surface area contributed by atoms with Gasteiger partial charge in [0.05, 0.1) is 7.11 Å². The number of hydrogen-bond donors (Lipinski definition) is 0. The molecule has 0 saturated heterocycles. The van der Waals surface area contributed by atoms with Gasteiger partial charge in [-0.05, 0) is 17.7 Å². The van der Waals surface area contributed by atoms with Crippen molar-refractivity contribution in [2.45, 2.75) is 19.6 Å². The first-order chi connectivity index (χ1) is 9.28. The van der Waals surface area contributed by atoms with Gasteiger partial charge in [-0.15, -0.1) is 0 Å². The third-order valence-electron chi connectivity index (χ3n) is 3.56. The summed E-state index contributed by atoms with van der Waals surface area (Å²) in [7, 11) is 1.63. The summed E-state index contributed by atoms with van der Waals surface area (Å²) in [4.78, 5) is 2.23. The number of hydrogen-bond acceptors (Lipinski definition) is 2. The van der Waals surface area contributed by atoms with E-state index in [0.717, 1.165) is 30.0 Å². The molecule has 2 nitrogen and oxygen atoms in total. The molecular formula is C16H16FNO. The Bertz CT molecular complexity index is 583. The molecule has 0 amide bonds. The molecule has 0 atom stereocenters. The second kappa shape index (κ2) is 5.02. The van der Waals surface area contributed by atoms with Gasteiger partial charge in [0.15, 0.2) is 0 Å². The molecule has 19 heavy (non-hydrogen) atoms. The second-order valence-corrected chi connectivity index (χ2v) is 4.84. The van der Waals surface area contributed by atoms with E-state index in [0.29, 0.717) is 6.54 Å². The Morgan fingerprint density at radius 1 is 1.05 bits per heavy atom. The van der Waals surface area contributed by atoms with Crippen molar-refractivity contribution in [2.24, 2.45) is 0 Å². The molecule has 0 unspecified atom stereocenters. The van der Waals surface area contributed by atoms with E-state index in [9.17, 15) is 4.39 Å². The molecule has 0 fully saturated rings. The molecule has 3 rings (SSSR count). The van der Waals surface area contributed by atoms with Crippen LogP contribution in [0.3, 0.4) is 0 Å². The van der Waals surface area contributed by atoms with Crippen molar-refractivity contribution < 1.29 is 9.13 Å². The van der Waals surface area contributed by atoms with Gasteiger partial charge in [-0.25, -0.2) is 4.39 Å². The van der Waals surface area contributed by atoms with Gasteiger partial charge < -0.3 is 4.74 Å². The molecule has 3 heteroatoms. The van der Waals surface area contributed by atoms with E-state index in [2.05, 4.69) is 17.0 Å². The molecular weight excluding hydrogens is 241 g/mol. The van der Waals surface area contributed by atoms with Crippen LogP contribution in [0.1, 0.15) is 16.7 Å². The SMILES string of the molecule is COc1ccc(F)c2c1CN(Cc1ccccc1)C2. The summed E-state index contributed by atoms with van der Waals surface area (Å²) >= 11 is 0. The van der Waals surface area contributed by atoms with Crippen LogP contribution >= 0.6 is 0 Å². The lowest BCUT2D eigenvalue weighted by molar-refractivity contribution is 0.271. The lowest BCUT2D eigenvalue weighted by atomic mass is 10.1. The van der Waals surface area contributed by atoms with Gasteiger partial charge in [-0.3, -0.25) is 4.90 Å². The fourth-order valence-electron chi connectivity index (χ4n) is 2.63. The maximum atomic E-state index is 13.8. The van der Waals surface area contributed by atoms with Crippen LogP contribution in [0.4, 0.5) is 4.39 Å². The highest BCUT2D eigenvalue weighted by atomic mass is 19.1. The van der Waals surface area contributed by atoms with Crippen LogP contribution < -0.4 is 4.74 Å². The molecule has 1 heterocycles. The fraction of sp³-hybridized carbons (Fsp3) is 0.250. The monoisotopic (exact) mass is 257 g/mol. The first-order valence-corrected chi connectivity index (χ1v) is 6.38. The van der Waals surface area contributed by atoms with Gasteiger partial charge >= 0.3 is 0 Å². The fourth-order valence-corrected chi connectivity index (χ4v) is 2.63. The van der Waals surface area contributed by atoms with Crippen LogP contribution in [0.5, 0.6) is 5.75 Å². The highest BCUT2D eigenvalue weighted by molar-refractivity contribution is 5.43. The number of fused-ring (bicyclic) bond motifs is 1. The summed E-state index contributed by atoms with van der Waals surface area (Å²) in [5.41, 5.74) is 3.00. The Balaban J connectivity index is 1.82. The van der Waals surface area contributed by atoms with Crippen molar-refractivity contribution in [2.75, 3.05) is 7.11 Å². The smallest absolute Gasteiger partial charge is 0.128 e. The topological polar surface area (TPSA) is 12.5 Å². The van der Waals surface area contributed by atoms with Crippen LogP contribution in [0.2, 0.25) is 0 Å². The molecule has 2 aromatic rings. The first kappa shape index (κ1) is 12.2. The van der Waals surface area contributed by atoms with Crippen LogP contribution in [0, 0.1) is 5.82 Å². The molecule has 0 radical (unpaired) electrons. The molecule has 0 saturated carbocycles. The summed E-state index contributed by atoms with van der Waals surface area (Å²) in [5.74, 6) is 0.651. The standard InChI is InChI=1S/C16H16FNO/c1-19-16-8-7-15(17)13-10-18(11-14(13)16)9-12-5-3-2-4-6-12/h2-8H,9-11H2,1H3. The van der Waals surface area contributed by atoms with Gasteiger partial charge in [0.1, 0.15) is 11.6 Å². The number of nitrogens with zero attached hydrogens (tertiary/aromatic N) is 1. The zero-order valence-electron chi connectivity index (χ0n) is 10.9. The molecule has 2 aromatic carbocycles. The van der Waals surface area contributed by atoms with Crippen LogP contribution in [-0.2, 0) is 19.6 Å². The molecule has 1 aliphatic heterocycles. The summed E-state index contributed by atoms with van der Waals surface area (Å²) in [5, 5.41) is 0. The molecule has 0 spiro atoms. The first-order valence-electron chi connectivity index (χ1n) is 6.38. The molecule has 1 aliphatic rings. The van der Waals surface area contributed by atoms with E-state index in [-0.39, 0.29) is 5.82 Å². The normalized spacial score (nSPS) is 14.4. The van der Waals surface area contributed by atoms with E-state index in [4.69, 9.17) is 4.74 Å². The molecule has 0 N–H and O–H groups in total. The zero-order chi connectivity index (χ0) is 13.2. The van der Waals surface area contributed by atoms with Crippen molar-refractivity contribution in [3.8, 4) is 5.75 Å². The van der Waals surface area contributed by atoms with Crippen molar-refractivity contribution in [1.29, 1.82) is 0 Å².